The number of fused-ring (bicyclic) bond motifs is 1. The van der Waals surface area contributed by atoms with Crippen molar-refractivity contribution in [3.63, 3.8) is 0 Å². The molecule has 33 heavy (non-hydrogen) atoms. The first-order valence-electron chi connectivity index (χ1n) is 10.4. The lowest BCUT2D eigenvalue weighted by molar-refractivity contribution is 0.102. The molecule has 6 heteroatoms. The SMILES string of the molecule is O=C(Nc1ccc2nc(SC(c3ccccc3)c3ccccc3)sc2c1)c1ccc(Br)cc1. The van der Waals surface area contributed by atoms with Gasteiger partial charge in [0, 0.05) is 15.7 Å². The van der Waals surface area contributed by atoms with Gasteiger partial charge in [0.1, 0.15) is 0 Å². The Morgan fingerprint density at radius 2 is 1.48 bits per heavy atom. The van der Waals surface area contributed by atoms with Gasteiger partial charge in [-0.3, -0.25) is 4.79 Å². The van der Waals surface area contributed by atoms with Crippen LogP contribution in [-0.2, 0) is 0 Å². The zero-order valence-electron chi connectivity index (χ0n) is 17.4. The van der Waals surface area contributed by atoms with Crippen molar-refractivity contribution in [2.75, 3.05) is 5.32 Å². The third kappa shape index (κ3) is 5.19. The van der Waals surface area contributed by atoms with Gasteiger partial charge in [-0.1, -0.05) is 88.4 Å². The number of rotatable bonds is 6. The first kappa shape index (κ1) is 21.9. The van der Waals surface area contributed by atoms with E-state index in [2.05, 4.69) is 69.8 Å². The number of hydrogen-bond acceptors (Lipinski definition) is 4. The highest BCUT2D eigenvalue weighted by molar-refractivity contribution is 9.10. The number of nitrogens with zero attached hydrogens (tertiary/aromatic N) is 1. The number of aromatic nitrogens is 1. The molecule has 1 N–H and O–H groups in total. The van der Waals surface area contributed by atoms with Gasteiger partial charge in [-0.2, -0.15) is 0 Å². The van der Waals surface area contributed by atoms with E-state index in [-0.39, 0.29) is 11.2 Å². The summed E-state index contributed by atoms with van der Waals surface area (Å²) in [6.45, 7) is 0. The zero-order chi connectivity index (χ0) is 22.6. The van der Waals surface area contributed by atoms with Crippen LogP contribution >= 0.6 is 39.0 Å². The molecule has 0 saturated carbocycles. The molecular weight excluding hydrogens is 512 g/mol. The van der Waals surface area contributed by atoms with Gasteiger partial charge < -0.3 is 5.32 Å². The molecule has 0 fully saturated rings. The van der Waals surface area contributed by atoms with E-state index in [9.17, 15) is 4.79 Å². The summed E-state index contributed by atoms with van der Waals surface area (Å²) in [5.74, 6) is -0.130. The topological polar surface area (TPSA) is 42.0 Å². The van der Waals surface area contributed by atoms with Crippen molar-refractivity contribution < 1.29 is 4.79 Å². The molecule has 1 heterocycles. The van der Waals surface area contributed by atoms with E-state index < -0.39 is 0 Å². The summed E-state index contributed by atoms with van der Waals surface area (Å²) in [5, 5.41) is 3.15. The van der Waals surface area contributed by atoms with E-state index in [0.717, 1.165) is 24.7 Å². The lowest BCUT2D eigenvalue weighted by atomic mass is 10.0. The van der Waals surface area contributed by atoms with Crippen molar-refractivity contribution >= 4 is 60.8 Å². The Morgan fingerprint density at radius 3 is 2.12 bits per heavy atom. The Bertz CT molecular complexity index is 1350. The molecule has 0 radical (unpaired) electrons. The molecule has 162 valence electrons. The van der Waals surface area contributed by atoms with Crippen LogP contribution in [0.1, 0.15) is 26.7 Å². The van der Waals surface area contributed by atoms with Crippen LogP contribution in [0.5, 0.6) is 0 Å². The van der Waals surface area contributed by atoms with Crippen molar-refractivity contribution in [1.29, 1.82) is 0 Å². The van der Waals surface area contributed by atoms with Gasteiger partial charge in [-0.15, -0.1) is 11.3 Å². The fraction of sp³-hybridized carbons (Fsp3) is 0.0370. The largest absolute Gasteiger partial charge is 0.322 e. The zero-order valence-corrected chi connectivity index (χ0v) is 20.7. The van der Waals surface area contributed by atoms with Crippen LogP contribution in [-0.4, -0.2) is 10.9 Å². The van der Waals surface area contributed by atoms with Gasteiger partial charge in [0.2, 0.25) is 0 Å². The van der Waals surface area contributed by atoms with E-state index in [1.165, 1.54) is 11.1 Å². The highest BCUT2D eigenvalue weighted by atomic mass is 79.9. The van der Waals surface area contributed by atoms with E-state index >= 15 is 0 Å². The molecule has 3 nitrogen and oxygen atoms in total. The third-order valence-corrected chi connectivity index (χ3v) is 8.11. The molecule has 0 aliphatic carbocycles. The maximum Gasteiger partial charge on any atom is 0.255 e. The number of amides is 1. The van der Waals surface area contributed by atoms with Gasteiger partial charge in [-0.25, -0.2) is 4.98 Å². The summed E-state index contributed by atoms with van der Waals surface area (Å²) in [7, 11) is 0. The molecule has 5 rings (SSSR count). The Balaban J connectivity index is 1.39. The van der Waals surface area contributed by atoms with Crippen molar-refractivity contribution in [1.82, 2.24) is 4.98 Å². The number of carbonyl (C=O) groups is 1. The van der Waals surface area contributed by atoms with Crippen LogP contribution in [0, 0.1) is 0 Å². The van der Waals surface area contributed by atoms with Crippen LogP contribution < -0.4 is 5.32 Å². The molecule has 0 bridgehead atoms. The van der Waals surface area contributed by atoms with E-state index in [1.54, 1.807) is 35.2 Å². The monoisotopic (exact) mass is 530 g/mol. The van der Waals surface area contributed by atoms with Gasteiger partial charge >= 0.3 is 0 Å². The molecule has 0 saturated heterocycles. The first-order valence-corrected chi connectivity index (χ1v) is 12.9. The smallest absolute Gasteiger partial charge is 0.255 e. The van der Waals surface area contributed by atoms with Crippen molar-refractivity contribution in [2.45, 2.75) is 9.59 Å². The average Bonchev–Trinajstić information content (AvgIpc) is 3.26. The second-order valence-corrected chi connectivity index (χ2v) is 10.7. The molecular formula is C27H19BrN2OS2. The number of halogens is 1. The van der Waals surface area contributed by atoms with Gasteiger partial charge in [-0.05, 0) is 53.6 Å². The Hall–Kier alpha value is -2.93. The van der Waals surface area contributed by atoms with Crippen LogP contribution in [0.25, 0.3) is 10.2 Å². The molecule has 0 aliphatic rings. The highest BCUT2D eigenvalue weighted by Gasteiger charge is 2.18. The minimum Gasteiger partial charge on any atom is -0.322 e. The number of anilines is 1. The minimum atomic E-state index is -0.130. The number of benzene rings is 4. The summed E-state index contributed by atoms with van der Waals surface area (Å²) in [5.41, 5.74) is 4.81. The first-order chi connectivity index (χ1) is 16.2. The van der Waals surface area contributed by atoms with E-state index in [4.69, 9.17) is 4.98 Å². The predicted molar refractivity (Wildman–Crippen MR) is 142 cm³/mol. The maximum absolute atomic E-state index is 12.6. The third-order valence-electron chi connectivity index (χ3n) is 5.16. The van der Waals surface area contributed by atoms with E-state index in [0.29, 0.717) is 5.56 Å². The van der Waals surface area contributed by atoms with Crippen LogP contribution in [0.3, 0.4) is 0 Å². The molecule has 5 aromatic rings. The summed E-state index contributed by atoms with van der Waals surface area (Å²) >= 11 is 6.80. The quantitative estimate of drug-likeness (QED) is 0.225. The van der Waals surface area contributed by atoms with Gasteiger partial charge in [0.25, 0.3) is 5.91 Å². The molecule has 0 atom stereocenters. The maximum atomic E-state index is 12.6. The van der Waals surface area contributed by atoms with E-state index in [1.807, 2.05) is 42.5 Å². The summed E-state index contributed by atoms with van der Waals surface area (Å²) in [4.78, 5) is 17.4. The normalized spacial score (nSPS) is 11.1. The molecule has 0 unspecified atom stereocenters. The summed E-state index contributed by atoms with van der Waals surface area (Å²) in [6, 6.07) is 34.2. The van der Waals surface area contributed by atoms with Gasteiger partial charge in [0.05, 0.1) is 15.5 Å². The van der Waals surface area contributed by atoms with Crippen LogP contribution in [0.4, 0.5) is 5.69 Å². The lowest BCUT2D eigenvalue weighted by Crippen LogP contribution is -2.11. The Kier molecular flexibility index (Phi) is 6.58. The van der Waals surface area contributed by atoms with Crippen LogP contribution in [0.15, 0.2) is 112 Å². The Morgan fingerprint density at radius 1 is 0.848 bits per heavy atom. The lowest BCUT2D eigenvalue weighted by Gasteiger charge is -2.16. The molecule has 4 aromatic carbocycles. The molecule has 1 aromatic heterocycles. The minimum absolute atomic E-state index is 0.130. The summed E-state index contributed by atoms with van der Waals surface area (Å²) in [6.07, 6.45) is 0. The fourth-order valence-electron chi connectivity index (χ4n) is 3.52. The van der Waals surface area contributed by atoms with Crippen LogP contribution in [0.2, 0.25) is 0 Å². The predicted octanol–water partition coefficient (Wildman–Crippen LogP) is 8.19. The second kappa shape index (κ2) is 9.91. The molecule has 0 aliphatic heterocycles. The Labute approximate surface area is 209 Å². The second-order valence-electron chi connectivity index (χ2n) is 7.44. The fourth-order valence-corrected chi connectivity index (χ4v) is 6.21. The van der Waals surface area contributed by atoms with Crippen molar-refractivity contribution in [3.05, 3.63) is 124 Å². The number of thioether (sulfide) groups is 1. The number of hydrogen-bond donors (Lipinski definition) is 1. The number of carbonyl (C=O) groups excluding carboxylic acids is 1. The molecule has 0 spiro atoms. The van der Waals surface area contributed by atoms with Gasteiger partial charge in [0.15, 0.2) is 4.34 Å². The number of thiazole rings is 1. The van der Waals surface area contributed by atoms with Crippen molar-refractivity contribution in [2.24, 2.45) is 0 Å². The molecule has 1 amide bonds. The summed E-state index contributed by atoms with van der Waals surface area (Å²) < 4.78 is 2.99. The highest BCUT2D eigenvalue weighted by Crippen LogP contribution is 2.43. The average molecular weight is 532 g/mol. The number of nitrogens with one attached hydrogen (secondary N) is 1. The van der Waals surface area contributed by atoms with Crippen molar-refractivity contribution in [3.8, 4) is 0 Å². The standard InChI is InChI=1S/C27H19BrN2OS2/c28-21-13-11-20(12-14-21)26(31)29-22-15-16-23-24(17-22)32-27(30-23)33-25(18-7-3-1-4-8-18)19-9-5-2-6-10-19/h1-17,25H,(H,29,31).